The van der Waals surface area contributed by atoms with Gasteiger partial charge >= 0.3 is 0 Å². The molecule has 1 fully saturated rings. The average Bonchev–Trinajstić information content (AvgIpc) is 2.93. The molecule has 0 aliphatic carbocycles. The summed E-state index contributed by atoms with van der Waals surface area (Å²) in [5, 5.41) is 3.13. The number of rotatable bonds is 5. The topological polar surface area (TPSA) is 92.8 Å². The Balaban J connectivity index is 1.30. The number of aryl methyl sites for hydroxylation is 1. The van der Waals surface area contributed by atoms with Crippen molar-refractivity contribution >= 4 is 21.7 Å². The standard InChI is InChI=1S/C29H38N2O5S/c32-27(15-8-23-37(34,35)25-12-2-1-3-13-25)31-20-17-29(18-21-31)16-7-6-11-24-10-4-5-14-26(24)36-22-9-19-30-28(29)33/h1-5,10,12-14H,6-9,11,15-23H2,(H,30,33). The number of piperidine rings is 1. The van der Waals surface area contributed by atoms with Crippen LogP contribution in [0.4, 0.5) is 0 Å². The van der Waals surface area contributed by atoms with Crippen LogP contribution in [0.25, 0.3) is 0 Å². The Morgan fingerprint density at radius 3 is 2.46 bits per heavy atom. The zero-order valence-electron chi connectivity index (χ0n) is 21.5. The Morgan fingerprint density at radius 1 is 0.946 bits per heavy atom. The van der Waals surface area contributed by atoms with E-state index in [4.69, 9.17) is 4.74 Å². The minimum atomic E-state index is -3.39. The number of para-hydroxylation sites is 1. The van der Waals surface area contributed by atoms with Gasteiger partial charge in [0, 0.05) is 26.1 Å². The number of carbonyl (C=O) groups excluding carboxylic acids is 2. The predicted molar refractivity (Wildman–Crippen MR) is 143 cm³/mol. The second-order valence-corrected chi connectivity index (χ2v) is 12.3. The fourth-order valence-electron chi connectivity index (χ4n) is 5.37. The number of fused-ring (bicyclic) bond motifs is 1. The second-order valence-electron chi connectivity index (χ2n) is 10.2. The van der Waals surface area contributed by atoms with E-state index in [1.807, 2.05) is 18.2 Å². The minimum absolute atomic E-state index is 0.0306. The van der Waals surface area contributed by atoms with Crippen LogP contribution in [-0.4, -0.2) is 57.1 Å². The van der Waals surface area contributed by atoms with Gasteiger partial charge in [-0.3, -0.25) is 9.59 Å². The Hall–Kier alpha value is -2.87. The van der Waals surface area contributed by atoms with Crippen LogP contribution < -0.4 is 10.1 Å². The normalized spacial score (nSPS) is 18.9. The van der Waals surface area contributed by atoms with Gasteiger partial charge in [-0.25, -0.2) is 8.42 Å². The molecular weight excluding hydrogens is 488 g/mol. The molecule has 0 atom stereocenters. The molecule has 200 valence electrons. The third-order valence-corrected chi connectivity index (χ3v) is 9.47. The first-order valence-electron chi connectivity index (χ1n) is 13.4. The molecule has 2 aliphatic rings. The lowest BCUT2D eigenvalue weighted by atomic mass is 9.73. The van der Waals surface area contributed by atoms with Crippen LogP contribution in [0.15, 0.2) is 59.5 Å². The SMILES string of the molecule is O=C(CCCS(=O)(=O)c1ccccc1)N1CCC2(CCCCc3ccccc3OCCCNC2=O)CC1. The molecule has 8 heteroatoms. The fraction of sp³-hybridized carbons (Fsp3) is 0.517. The Labute approximate surface area is 220 Å². The van der Waals surface area contributed by atoms with Crippen LogP contribution in [-0.2, 0) is 25.8 Å². The highest BCUT2D eigenvalue weighted by molar-refractivity contribution is 7.91. The van der Waals surface area contributed by atoms with Gasteiger partial charge in [-0.1, -0.05) is 42.8 Å². The molecule has 2 aliphatic heterocycles. The zero-order valence-corrected chi connectivity index (χ0v) is 22.3. The van der Waals surface area contributed by atoms with Crippen molar-refractivity contribution < 1.29 is 22.7 Å². The van der Waals surface area contributed by atoms with Crippen molar-refractivity contribution in [3.05, 3.63) is 60.2 Å². The van der Waals surface area contributed by atoms with Crippen molar-refractivity contribution in [3.63, 3.8) is 0 Å². The van der Waals surface area contributed by atoms with Gasteiger partial charge in [0.05, 0.1) is 22.7 Å². The Morgan fingerprint density at radius 2 is 1.68 bits per heavy atom. The smallest absolute Gasteiger partial charge is 0.226 e. The molecule has 2 heterocycles. The maximum absolute atomic E-state index is 13.3. The van der Waals surface area contributed by atoms with E-state index in [2.05, 4.69) is 11.4 Å². The maximum Gasteiger partial charge on any atom is 0.226 e. The molecule has 1 spiro atoms. The predicted octanol–water partition coefficient (Wildman–Crippen LogP) is 4.16. The molecule has 2 aromatic rings. The molecule has 2 amide bonds. The van der Waals surface area contributed by atoms with Crippen molar-refractivity contribution in [3.8, 4) is 5.75 Å². The minimum Gasteiger partial charge on any atom is -0.493 e. The third-order valence-electron chi connectivity index (χ3n) is 7.65. The summed E-state index contributed by atoms with van der Waals surface area (Å²) in [6.07, 6.45) is 6.16. The molecule has 0 aromatic heterocycles. The molecule has 0 radical (unpaired) electrons. The van der Waals surface area contributed by atoms with E-state index in [1.54, 1.807) is 35.2 Å². The number of benzene rings is 2. The average molecular weight is 527 g/mol. The highest BCUT2D eigenvalue weighted by Gasteiger charge is 2.41. The van der Waals surface area contributed by atoms with Gasteiger partial charge in [0.2, 0.25) is 11.8 Å². The van der Waals surface area contributed by atoms with Crippen LogP contribution in [0.1, 0.15) is 56.9 Å². The number of hydrogen-bond donors (Lipinski definition) is 1. The quantitative estimate of drug-likeness (QED) is 0.632. The highest BCUT2D eigenvalue weighted by Crippen LogP contribution is 2.38. The fourth-order valence-corrected chi connectivity index (χ4v) is 6.70. The van der Waals surface area contributed by atoms with Gasteiger partial charge in [-0.2, -0.15) is 0 Å². The summed E-state index contributed by atoms with van der Waals surface area (Å²) in [6.45, 7) is 2.20. The van der Waals surface area contributed by atoms with Crippen LogP contribution in [0, 0.1) is 5.41 Å². The molecular formula is C29H38N2O5S. The van der Waals surface area contributed by atoms with Crippen LogP contribution in [0.3, 0.4) is 0 Å². The van der Waals surface area contributed by atoms with Gasteiger partial charge in [0.25, 0.3) is 0 Å². The molecule has 1 saturated heterocycles. The summed E-state index contributed by atoms with van der Waals surface area (Å²) in [5.41, 5.74) is 0.756. The lowest BCUT2D eigenvalue weighted by Crippen LogP contribution is -2.50. The number of nitrogens with zero attached hydrogens (tertiary/aromatic N) is 1. The number of likely N-dealkylation sites (tertiary alicyclic amines) is 1. The lowest BCUT2D eigenvalue weighted by Gasteiger charge is -2.41. The first kappa shape index (κ1) is 27.2. The van der Waals surface area contributed by atoms with Gasteiger partial charge in [0.1, 0.15) is 5.75 Å². The number of amides is 2. The van der Waals surface area contributed by atoms with E-state index in [-0.39, 0.29) is 24.0 Å². The molecule has 0 bridgehead atoms. The summed E-state index contributed by atoms with van der Waals surface area (Å²) in [7, 11) is -3.39. The summed E-state index contributed by atoms with van der Waals surface area (Å²) >= 11 is 0. The molecule has 4 rings (SSSR count). The largest absolute Gasteiger partial charge is 0.493 e. The number of ether oxygens (including phenoxy) is 1. The first-order chi connectivity index (χ1) is 17.9. The first-order valence-corrected chi connectivity index (χ1v) is 15.1. The van der Waals surface area contributed by atoms with Crippen molar-refractivity contribution in [1.29, 1.82) is 0 Å². The summed E-state index contributed by atoms with van der Waals surface area (Å²) in [4.78, 5) is 28.2. The van der Waals surface area contributed by atoms with Gasteiger partial charge in [-0.15, -0.1) is 0 Å². The zero-order chi connectivity index (χ0) is 26.1. The van der Waals surface area contributed by atoms with Crippen molar-refractivity contribution in [2.24, 2.45) is 5.41 Å². The van der Waals surface area contributed by atoms with E-state index in [0.717, 1.165) is 37.9 Å². The summed E-state index contributed by atoms with van der Waals surface area (Å²) < 4.78 is 31.0. The monoisotopic (exact) mass is 526 g/mol. The van der Waals surface area contributed by atoms with Gasteiger partial charge in [-0.05, 0) is 68.7 Å². The molecule has 2 aromatic carbocycles. The molecule has 0 saturated carbocycles. The molecule has 37 heavy (non-hydrogen) atoms. The van der Waals surface area contributed by atoms with Crippen LogP contribution >= 0.6 is 0 Å². The van der Waals surface area contributed by atoms with Crippen LogP contribution in [0.5, 0.6) is 5.75 Å². The van der Waals surface area contributed by atoms with Crippen molar-refractivity contribution in [1.82, 2.24) is 10.2 Å². The van der Waals surface area contributed by atoms with Gasteiger partial charge < -0.3 is 15.0 Å². The molecule has 7 nitrogen and oxygen atoms in total. The maximum atomic E-state index is 13.3. The lowest BCUT2D eigenvalue weighted by molar-refractivity contribution is -0.141. The van der Waals surface area contributed by atoms with E-state index in [1.165, 1.54) is 5.56 Å². The highest BCUT2D eigenvalue weighted by atomic mass is 32.2. The number of hydrogen-bond acceptors (Lipinski definition) is 5. The summed E-state index contributed by atoms with van der Waals surface area (Å²) in [6, 6.07) is 16.5. The van der Waals surface area contributed by atoms with E-state index < -0.39 is 15.3 Å². The number of carbonyl (C=O) groups is 2. The van der Waals surface area contributed by atoms with Crippen molar-refractivity contribution in [2.45, 2.75) is 62.7 Å². The van der Waals surface area contributed by atoms with Crippen molar-refractivity contribution in [2.75, 3.05) is 32.0 Å². The summed E-state index contributed by atoms with van der Waals surface area (Å²) in [5.74, 6) is 0.948. The van der Waals surface area contributed by atoms with E-state index in [0.29, 0.717) is 50.4 Å². The molecule has 1 N–H and O–H groups in total. The Bertz CT molecular complexity index is 1160. The number of nitrogens with one attached hydrogen (secondary N) is 1. The third kappa shape index (κ3) is 7.12. The molecule has 0 unspecified atom stereocenters. The van der Waals surface area contributed by atoms with Gasteiger partial charge in [0.15, 0.2) is 9.84 Å². The van der Waals surface area contributed by atoms with E-state index >= 15 is 0 Å². The van der Waals surface area contributed by atoms with Crippen LogP contribution in [0.2, 0.25) is 0 Å². The second kappa shape index (κ2) is 12.6. The number of sulfone groups is 1. The Kier molecular flexibility index (Phi) is 9.24. The van der Waals surface area contributed by atoms with E-state index in [9.17, 15) is 18.0 Å².